The van der Waals surface area contributed by atoms with Crippen molar-refractivity contribution in [2.24, 2.45) is 5.11 Å². The third-order valence-electron chi connectivity index (χ3n) is 5.52. The zero-order chi connectivity index (χ0) is 21.8. The van der Waals surface area contributed by atoms with Gasteiger partial charge in [-0.3, -0.25) is 0 Å². The first-order valence-electron chi connectivity index (χ1n) is 12.9. The molecule has 0 N–H and O–H groups in total. The summed E-state index contributed by atoms with van der Waals surface area (Å²) in [6, 6.07) is 0. The van der Waals surface area contributed by atoms with E-state index in [1.54, 1.807) is 0 Å². The molecule has 30 heavy (non-hydrogen) atoms. The van der Waals surface area contributed by atoms with E-state index >= 15 is 0 Å². The van der Waals surface area contributed by atoms with Crippen LogP contribution in [0.4, 0.5) is 0 Å². The number of hydrogen-bond donors (Lipinski definition) is 0. The van der Waals surface area contributed by atoms with Gasteiger partial charge in [0.25, 0.3) is 0 Å². The molecule has 0 aliphatic carbocycles. The SMILES string of the molecule is CCCCCCCCCCCCC#CC#CCCCCCCCCCCCN=[N+]=[N-]. The van der Waals surface area contributed by atoms with Gasteiger partial charge in [0.2, 0.25) is 0 Å². The van der Waals surface area contributed by atoms with Crippen LogP contribution in [-0.2, 0) is 0 Å². The summed E-state index contributed by atoms with van der Waals surface area (Å²) < 4.78 is 0. The molecular formula is C27H47N3. The Morgan fingerprint density at radius 2 is 0.900 bits per heavy atom. The fourth-order valence-corrected chi connectivity index (χ4v) is 3.59. The van der Waals surface area contributed by atoms with Gasteiger partial charge in [-0.25, -0.2) is 0 Å². The molecule has 0 amide bonds. The van der Waals surface area contributed by atoms with Crippen LogP contribution in [0.2, 0.25) is 0 Å². The van der Waals surface area contributed by atoms with Crippen LogP contribution in [-0.4, -0.2) is 6.54 Å². The molecule has 0 unspecified atom stereocenters. The summed E-state index contributed by atoms with van der Waals surface area (Å²) in [6.07, 6.45) is 27.1. The van der Waals surface area contributed by atoms with Crippen molar-refractivity contribution in [3.05, 3.63) is 10.4 Å². The van der Waals surface area contributed by atoms with Crippen molar-refractivity contribution in [1.29, 1.82) is 0 Å². The van der Waals surface area contributed by atoms with Gasteiger partial charge in [0.15, 0.2) is 0 Å². The lowest BCUT2D eigenvalue weighted by atomic mass is 10.1. The molecule has 3 heteroatoms. The number of rotatable bonds is 21. The molecule has 0 bridgehead atoms. The Kier molecular flexibility index (Phi) is 26.0. The van der Waals surface area contributed by atoms with E-state index in [4.69, 9.17) is 5.53 Å². The van der Waals surface area contributed by atoms with Crippen LogP contribution in [0, 0.1) is 23.7 Å². The Labute approximate surface area is 187 Å². The molecule has 0 spiro atoms. The molecule has 3 nitrogen and oxygen atoms in total. The minimum Gasteiger partial charge on any atom is -0.0940 e. The van der Waals surface area contributed by atoms with Gasteiger partial charge in [-0.05, 0) is 36.6 Å². The maximum absolute atomic E-state index is 8.20. The monoisotopic (exact) mass is 413 g/mol. The molecule has 170 valence electrons. The third-order valence-corrected chi connectivity index (χ3v) is 5.52. The fourth-order valence-electron chi connectivity index (χ4n) is 3.59. The Morgan fingerprint density at radius 1 is 0.533 bits per heavy atom. The summed E-state index contributed by atoms with van der Waals surface area (Å²) in [5, 5.41) is 3.56. The molecule has 0 aromatic carbocycles. The molecule has 0 radical (unpaired) electrons. The van der Waals surface area contributed by atoms with E-state index < -0.39 is 0 Å². The number of nitrogens with zero attached hydrogens (tertiary/aromatic N) is 3. The van der Waals surface area contributed by atoms with Gasteiger partial charge in [-0.2, -0.15) is 0 Å². The molecule has 0 heterocycles. The van der Waals surface area contributed by atoms with Gasteiger partial charge in [-0.1, -0.05) is 127 Å². The molecule has 0 atom stereocenters. The summed E-state index contributed by atoms with van der Waals surface area (Å²) in [5.41, 5.74) is 8.20. The highest BCUT2D eigenvalue weighted by atomic mass is 15.1. The Morgan fingerprint density at radius 3 is 1.30 bits per heavy atom. The van der Waals surface area contributed by atoms with Crippen molar-refractivity contribution in [3.63, 3.8) is 0 Å². The summed E-state index contributed by atoms with van der Waals surface area (Å²) in [5.74, 6) is 12.5. The average Bonchev–Trinajstić information content (AvgIpc) is 2.76. The zero-order valence-corrected chi connectivity index (χ0v) is 19.9. The van der Waals surface area contributed by atoms with Gasteiger partial charge in [-0.15, -0.1) is 0 Å². The summed E-state index contributed by atoms with van der Waals surface area (Å²) in [4.78, 5) is 2.77. The van der Waals surface area contributed by atoms with Crippen LogP contribution in [0.3, 0.4) is 0 Å². The van der Waals surface area contributed by atoms with Crippen LogP contribution in [0.25, 0.3) is 10.4 Å². The van der Waals surface area contributed by atoms with Crippen molar-refractivity contribution < 1.29 is 0 Å². The second-order valence-electron chi connectivity index (χ2n) is 8.42. The average molecular weight is 414 g/mol. The van der Waals surface area contributed by atoms with Gasteiger partial charge in [0, 0.05) is 24.3 Å². The lowest BCUT2D eigenvalue weighted by Gasteiger charge is -2.00. The highest BCUT2D eigenvalue weighted by Gasteiger charge is 1.93. The van der Waals surface area contributed by atoms with E-state index in [-0.39, 0.29) is 0 Å². The fraction of sp³-hybridized carbons (Fsp3) is 0.852. The van der Waals surface area contributed by atoms with Gasteiger partial charge in [0.05, 0.1) is 0 Å². The van der Waals surface area contributed by atoms with Gasteiger partial charge < -0.3 is 0 Å². The standard InChI is InChI=1S/C27H47N3/c1-2-3-4-5-6-7-8-9-10-11-12-13-14-15-16-17-18-19-20-21-22-23-24-25-26-27-29-30-28/h2-12,17-27H2,1H3. The molecule has 0 fully saturated rings. The second-order valence-corrected chi connectivity index (χ2v) is 8.42. The topological polar surface area (TPSA) is 48.8 Å². The van der Waals surface area contributed by atoms with Crippen LogP contribution in [0.1, 0.15) is 142 Å². The molecule has 0 aliphatic rings. The first-order chi connectivity index (χ1) is 14.9. The van der Waals surface area contributed by atoms with Crippen LogP contribution < -0.4 is 0 Å². The van der Waals surface area contributed by atoms with Crippen molar-refractivity contribution >= 4 is 0 Å². The molecule has 0 aliphatic heterocycles. The summed E-state index contributed by atoms with van der Waals surface area (Å²) in [7, 11) is 0. The lowest BCUT2D eigenvalue weighted by molar-refractivity contribution is 0.558. The molecule has 0 aromatic heterocycles. The Bertz CT molecular complexity index is 512. The molecular weight excluding hydrogens is 366 g/mol. The quantitative estimate of drug-likeness (QED) is 0.0591. The Balaban J connectivity index is 3.23. The maximum atomic E-state index is 8.20. The smallest absolute Gasteiger partial charge is 0.0257 e. The van der Waals surface area contributed by atoms with E-state index in [9.17, 15) is 0 Å². The van der Waals surface area contributed by atoms with Crippen molar-refractivity contribution in [1.82, 2.24) is 0 Å². The van der Waals surface area contributed by atoms with E-state index in [0.29, 0.717) is 6.54 Å². The first-order valence-corrected chi connectivity index (χ1v) is 12.9. The molecule has 0 aromatic rings. The van der Waals surface area contributed by atoms with Gasteiger partial charge >= 0.3 is 0 Å². The van der Waals surface area contributed by atoms with Crippen LogP contribution >= 0.6 is 0 Å². The highest BCUT2D eigenvalue weighted by molar-refractivity contribution is 5.25. The minimum absolute atomic E-state index is 0.654. The predicted molar refractivity (Wildman–Crippen MR) is 132 cm³/mol. The predicted octanol–water partition coefficient (Wildman–Crippen LogP) is 9.52. The second kappa shape index (κ2) is 27.4. The van der Waals surface area contributed by atoms with E-state index in [1.807, 2.05) is 0 Å². The number of hydrogen-bond acceptors (Lipinski definition) is 1. The van der Waals surface area contributed by atoms with Crippen LogP contribution in [0.15, 0.2) is 5.11 Å². The summed E-state index contributed by atoms with van der Waals surface area (Å²) in [6.45, 7) is 2.93. The largest absolute Gasteiger partial charge is 0.0940 e. The van der Waals surface area contributed by atoms with Crippen molar-refractivity contribution in [3.8, 4) is 23.7 Å². The van der Waals surface area contributed by atoms with Crippen molar-refractivity contribution in [2.45, 2.75) is 142 Å². The van der Waals surface area contributed by atoms with E-state index in [0.717, 1.165) is 19.3 Å². The highest BCUT2D eigenvalue weighted by Crippen LogP contribution is 2.11. The summed E-state index contributed by atoms with van der Waals surface area (Å²) >= 11 is 0. The molecule has 0 rings (SSSR count). The van der Waals surface area contributed by atoms with Gasteiger partial charge in [0.1, 0.15) is 0 Å². The molecule has 0 saturated carbocycles. The van der Waals surface area contributed by atoms with E-state index in [1.165, 1.54) is 116 Å². The molecule has 0 saturated heterocycles. The number of unbranched alkanes of at least 4 members (excludes halogenated alkanes) is 19. The van der Waals surface area contributed by atoms with E-state index in [2.05, 4.69) is 40.6 Å². The Hall–Kier alpha value is -1.57. The minimum atomic E-state index is 0.654. The van der Waals surface area contributed by atoms with Crippen molar-refractivity contribution in [2.75, 3.05) is 6.54 Å². The lowest BCUT2D eigenvalue weighted by Crippen LogP contribution is -1.83. The normalized spacial score (nSPS) is 9.90. The third kappa shape index (κ3) is 26.4. The van der Waals surface area contributed by atoms with Crippen LogP contribution in [0.5, 0.6) is 0 Å². The number of azide groups is 1. The first kappa shape index (κ1) is 28.4. The zero-order valence-electron chi connectivity index (χ0n) is 19.9. The maximum Gasteiger partial charge on any atom is 0.0257 e.